The molecule has 0 saturated carbocycles. The molecule has 46 heavy (non-hydrogen) atoms. The summed E-state index contributed by atoms with van der Waals surface area (Å²) in [4.78, 5) is 12.5. The molecule has 0 fully saturated rings. The first kappa shape index (κ1) is 44.8. The van der Waals surface area contributed by atoms with E-state index in [9.17, 15) is 28.0 Å². The lowest BCUT2D eigenvalue weighted by Crippen LogP contribution is -2.50. The van der Waals surface area contributed by atoms with Crippen molar-refractivity contribution in [3.8, 4) is 0 Å². The van der Waals surface area contributed by atoms with Crippen LogP contribution in [0.3, 0.4) is 0 Å². The van der Waals surface area contributed by atoms with Crippen LogP contribution in [0.15, 0.2) is 24.3 Å². The molecule has 3 atom stereocenters. The lowest BCUT2D eigenvalue weighted by atomic mass is 10.0. The fraction of sp³-hybridized carbons (Fsp3) is 0.868. The van der Waals surface area contributed by atoms with Crippen LogP contribution in [-0.4, -0.2) is 53.1 Å². The Morgan fingerprint density at radius 3 is 1.37 bits per heavy atom. The highest BCUT2D eigenvalue weighted by Crippen LogP contribution is 2.14. The second-order valence-electron chi connectivity index (χ2n) is 13.3. The Bertz CT molecular complexity index is 844. The number of aliphatic hydroxyl groups excluding tert-OH is 2. The SMILES string of the molecule is CCCCCCCC/C=C\CCCCC(O)C(=O)NC(CS(=O)(=O)O)C(O)/C=C/CCCCCCCCCCCCCCCCC. The molecular formula is C38H73NO6S. The van der Waals surface area contributed by atoms with Gasteiger partial charge in [-0.15, -0.1) is 0 Å². The van der Waals surface area contributed by atoms with Gasteiger partial charge in [-0.1, -0.05) is 167 Å². The summed E-state index contributed by atoms with van der Waals surface area (Å²) >= 11 is 0. The van der Waals surface area contributed by atoms with Crippen molar-refractivity contribution in [2.24, 2.45) is 0 Å². The van der Waals surface area contributed by atoms with Gasteiger partial charge in [0.25, 0.3) is 10.1 Å². The van der Waals surface area contributed by atoms with E-state index in [-0.39, 0.29) is 6.42 Å². The minimum Gasteiger partial charge on any atom is -0.387 e. The van der Waals surface area contributed by atoms with Crippen LogP contribution in [0.2, 0.25) is 0 Å². The molecule has 0 radical (unpaired) electrons. The van der Waals surface area contributed by atoms with Crippen molar-refractivity contribution in [2.75, 3.05) is 5.75 Å². The van der Waals surface area contributed by atoms with Gasteiger partial charge in [0.05, 0.1) is 17.9 Å². The second-order valence-corrected chi connectivity index (χ2v) is 14.8. The van der Waals surface area contributed by atoms with Crippen LogP contribution in [0.5, 0.6) is 0 Å². The predicted molar refractivity (Wildman–Crippen MR) is 195 cm³/mol. The molecular weight excluding hydrogens is 598 g/mol. The van der Waals surface area contributed by atoms with Crippen LogP contribution in [0.4, 0.5) is 0 Å². The quantitative estimate of drug-likeness (QED) is 0.0307. The third kappa shape index (κ3) is 31.4. The molecule has 0 heterocycles. The number of aliphatic hydroxyl groups is 2. The van der Waals surface area contributed by atoms with E-state index in [2.05, 4.69) is 31.3 Å². The average molecular weight is 672 g/mol. The highest BCUT2D eigenvalue weighted by Gasteiger charge is 2.27. The number of rotatable bonds is 34. The fourth-order valence-corrected chi connectivity index (χ4v) is 6.48. The lowest BCUT2D eigenvalue weighted by molar-refractivity contribution is -0.130. The number of amides is 1. The van der Waals surface area contributed by atoms with Gasteiger partial charge in [0.2, 0.25) is 5.91 Å². The number of nitrogens with one attached hydrogen (secondary N) is 1. The van der Waals surface area contributed by atoms with Crippen LogP contribution in [-0.2, 0) is 14.9 Å². The zero-order valence-corrected chi connectivity index (χ0v) is 30.6. The number of carbonyl (C=O) groups excluding carboxylic acids is 1. The normalized spacial score (nSPS) is 14.3. The summed E-state index contributed by atoms with van der Waals surface area (Å²) in [7, 11) is -4.44. The molecule has 8 heteroatoms. The Morgan fingerprint density at radius 1 is 0.587 bits per heavy atom. The zero-order chi connectivity index (χ0) is 34.1. The van der Waals surface area contributed by atoms with E-state index >= 15 is 0 Å². The van der Waals surface area contributed by atoms with Crippen molar-refractivity contribution in [2.45, 2.75) is 205 Å². The maximum absolute atomic E-state index is 12.5. The summed E-state index contributed by atoms with van der Waals surface area (Å²) < 4.78 is 32.4. The van der Waals surface area contributed by atoms with E-state index in [4.69, 9.17) is 0 Å². The summed E-state index contributed by atoms with van der Waals surface area (Å²) in [6.07, 6.45) is 36.6. The molecule has 272 valence electrons. The van der Waals surface area contributed by atoms with E-state index in [1.54, 1.807) is 6.08 Å². The molecule has 0 bridgehead atoms. The summed E-state index contributed by atoms with van der Waals surface area (Å²) in [5, 5.41) is 23.3. The lowest BCUT2D eigenvalue weighted by Gasteiger charge is -2.22. The standard InChI is InChI=1S/C38H73NO6S/c1-3-5-7-9-11-13-15-17-18-19-20-21-23-24-26-28-30-32-36(40)35(34-46(43,44)45)39-38(42)37(41)33-31-29-27-25-22-16-14-12-10-8-6-4-2/h22,25,30,32,35-37,40-41H,3-21,23-24,26-29,31,33-34H2,1-2H3,(H,39,42)(H,43,44,45)/b25-22-,32-30+. The molecule has 3 unspecified atom stereocenters. The van der Waals surface area contributed by atoms with Crippen LogP contribution in [0, 0.1) is 0 Å². The highest BCUT2D eigenvalue weighted by molar-refractivity contribution is 7.85. The van der Waals surface area contributed by atoms with Crippen molar-refractivity contribution < 1.29 is 28.0 Å². The van der Waals surface area contributed by atoms with E-state index < -0.39 is 40.0 Å². The largest absolute Gasteiger partial charge is 0.387 e. The number of hydrogen-bond donors (Lipinski definition) is 4. The van der Waals surface area contributed by atoms with Gasteiger partial charge in [0.15, 0.2) is 0 Å². The van der Waals surface area contributed by atoms with Gasteiger partial charge in [-0.05, 0) is 44.9 Å². The van der Waals surface area contributed by atoms with E-state index in [1.165, 1.54) is 128 Å². The van der Waals surface area contributed by atoms with Crippen molar-refractivity contribution in [3.63, 3.8) is 0 Å². The monoisotopic (exact) mass is 672 g/mol. The first-order valence-electron chi connectivity index (χ1n) is 19.1. The van der Waals surface area contributed by atoms with Crippen molar-refractivity contribution in [3.05, 3.63) is 24.3 Å². The molecule has 7 nitrogen and oxygen atoms in total. The molecule has 0 aliphatic carbocycles. The second kappa shape index (κ2) is 32.3. The summed E-state index contributed by atoms with van der Waals surface area (Å²) in [5.74, 6) is -1.55. The average Bonchev–Trinajstić information content (AvgIpc) is 3.01. The summed E-state index contributed by atoms with van der Waals surface area (Å²) in [6.45, 7) is 4.48. The Balaban J connectivity index is 4.11. The molecule has 0 aromatic carbocycles. The Hall–Kier alpha value is -1.22. The van der Waals surface area contributed by atoms with Crippen molar-refractivity contribution in [1.82, 2.24) is 5.32 Å². The molecule has 0 saturated heterocycles. The fourth-order valence-electron chi connectivity index (χ4n) is 5.74. The number of carbonyl (C=O) groups is 1. The van der Waals surface area contributed by atoms with Gasteiger partial charge in [-0.25, -0.2) is 0 Å². The van der Waals surface area contributed by atoms with Crippen LogP contribution in [0.1, 0.15) is 187 Å². The minimum absolute atomic E-state index is 0.251. The van der Waals surface area contributed by atoms with Gasteiger partial charge in [0, 0.05) is 0 Å². The van der Waals surface area contributed by atoms with Crippen molar-refractivity contribution in [1.29, 1.82) is 0 Å². The first-order valence-corrected chi connectivity index (χ1v) is 20.8. The summed E-state index contributed by atoms with van der Waals surface area (Å²) in [6, 6.07) is -1.24. The Kier molecular flexibility index (Phi) is 31.5. The number of allylic oxidation sites excluding steroid dienone is 3. The van der Waals surface area contributed by atoms with Gasteiger partial charge >= 0.3 is 0 Å². The molecule has 0 aromatic rings. The van der Waals surface area contributed by atoms with Crippen LogP contribution < -0.4 is 5.32 Å². The Morgan fingerprint density at radius 2 is 0.957 bits per heavy atom. The molecule has 0 aromatic heterocycles. The number of unbranched alkanes of at least 4 members (excludes halogenated alkanes) is 23. The maximum atomic E-state index is 12.5. The maximum Gasteiger partial charge on any atom is 0.267 e. The topological polar surface area (TPSA) is 124 Å². The van der Waals surface area contributed by atoms with Crippen molar-refractivity contribution >= 4 is 16.0 Å². The Labute approximate surface area is 284 Å². The van der Waals surface area contributed by atoms with Gasteiger partial charge in [0.1, 0.15) is 6.10 Å². The first-order chi connectivity index (χ1) is 22.2. The molecule has 0 spiro atoms. The molecule has 0 aliphatic heterocycles. The summed E-state index contributed by atoms with van der Waals surface area (Å²) in [5.41, 5.74) is 0. The predicted octanol–water partition coefficient (Wildman–Crippen LogP) is 9.77. The van der Waals surface area contributed by atoms with Crippen LogP contribution >= 0.6 is 0 Å². The molecule has 1 amide bonds. The third-order valence-electron chi connectivity index (χ3n) is 8.73. The zero-order valence-electron chi connectivity index (χ0n) is 29.8. The van der Waals surface area contributed by atoms with Gasteiger partial charge < -0.3 is 15.5 Å². The minimum atomic E-state index is -4.44. The smallest absolute Gasteiger partial charge is 0.267 e. The van der Waals surface area contributed by atoms with Gasteiger partial charge in [-0.3, -0.25) is 9.35 Å². The van der Waals surface area contributed by atoms with Crippen LogP contribution in [0.25, 0.3) is 0 Å². The third-order valence-corrected chi connectivity index (χ3v) is 9.51. The van der Waals surface area contributed by atoms with E-state index in [0.717, 1.165) is 38.5 Å². The van der Waals surface area contributed by atoms with E-state index in [0.29, 0.717) is 6.42 Å². The molecule has 4 N–H and O–H groups in total. The van der Waals surface area contributed by atoms with E-state index in [1.807, 2.05) is 0 Å². The van der Waals surface area contributed by atoms with Gasteiger partial charge in [-0.2, -0.15) is 8.42 Å². The molecule has 0 aliphatic rings. The molecule has 0 rings (SSSR count). The highest BCUT2D eigenvalue weighted by atomic mass is 32.2. The number of hydrogen-bond acceptors (Lipinski definition) is 5.